The van der Waals surface area contributed by atoms with Crippen LogP contribution in [0, 0.1) is 6.92 Å². The average molecular weight is 252 g/mol. The highest BCUT2D eigenvalue weighted by Crippen LogP contribution is 2.19. The lowest BCUT2D eigenvalue weighted by molar-refractivity contribution is 0.287. The molecular weight excluding hydrogens is 236 g/mol. The monoisotopic (exact) mass is 252 g/mol. The quantitative estimate of drug-likeness (QED) is 0.629. The second kappa shape index (κ2) is 5.31. The van der Waals surface area contributed by atoms with Crippen LogP contribution in [0.5, 0.6) is 0 Å². The van der Waals surface area contributed by atoms with E-state index in [0.29, 0.717) is 0 Å². The highest BCUT2D eigenvalue weighted by Gasteiger charge is 2.07. The second-order valence-corrected chi connectivity index (χ2v) is 5.08. The Bertz CT molecular complexity index is 479. The van der Waals surface area contributed by atoms with Crippen molar-refractivity contribution in [3.05, 3.63) is 34.7 Å². The predicted octanol–water partition coefficient (Wildman–Crippen LogP) is 1.96. The average Bonchev–Trinajstić information content (AvgIpc) is 2.88. The van der Waals surface area contributed by atoms with Gasteiger partial charge < -0.3 is 4.42 Å². The second-order valence-electron chi connectivity index (χ2n) is 3.96. The molecule has 2 heterocycles. The van der Waals surface area contributed by atoms with Crippen molar-refractivity contribution in [2.75, 3.05) is 12.5 Å². The molecule has 0 aliphatic heterocycles. The first-order valence-electron chi connectivity index (χ1n) is 5.32. The minimum atomic E-state index is 0.738. The molecule has 0 unspecified atom stereocenters. The number of hydrogen-bond donors (Lipinski definition) is 2. The summed E-state index contributed by atoms with van der Waals surface area (Å²) in [6.45, 7) is 3.57. The number of nitrogens with one attached hydrogen (secondary N) is 1. The van der Waals surface area contributed by atoms with E-state index in [0.717, 1.165) is 29.7 Å². The van der Waals surface area contributed by atoms with Gasteiger partial charge in [0.25, 0.3) is 0 Å². The van der Waals surface area contributed by atoms with Gasteiger partial charge in [-0.1, -0.05) is 11.3 Å². The maximum Gasteiger partial charge on any atom is 0.197 e. The molecule has 3 N–H and O–H groups in total. The van der Waals surface area contributed by atoms with Gasteiger partial charge in [-0.25, -0.2) is 10.8 Å². The molecule has 0 fully saturated rings. The summed E-state index contributed by atoms with van der Waals surface area (Å²) >= 11 is 1.56. The fraction of sp³-hybridized carbons (Fsp3) is 0.364. The molecule has 5 nitrogen and oxygen atoms in total. The molecule has 0 amide bonds. The van der Waals surface area contributed by atoms with Gasteiger partial charge in [0.15, 0.2) is 5.13 Å². The molecule has 0 spiro atoms. The molecule has 0 saturated carbocycles. The van der Waals surface area contributed by atoms with E-state index in [1.807, 2.05) is 32.3 Å². The third-order valence-electron chi connectivity index (χ3n) is 2.32. The lowest BCUT2D eigenvalue weighted by Crippen LogP contribution is -2.16. The molecule has 17 heavy (non-hydrogen) atoms. The normalized spacial score (nSPS) is 11.1. The van der Waals surface area contributed by atoms with Crippen molar-refractivity contribution in [1.29, 1.82) is 0 Å². The molecule has 0 bridgehead atoms. The first-order chi connectivity index (χ1) is 8.17. The van der Waals surface area contributed by atoms with Crippen LogP contribution in [0.15, 0.2) is 22.7 Å². The summed E-state index contributed by atoms with van der Waals surface area (Å²) in [4.78, 5) is 7.47. The van der Waals surface area contributed by atoms with Crippen LogP contribution in [-0.2, 0) is 13.1 Å². The number of anilines is 1. The Morgan fingerprint density at radius 3 is 2.88 bits per heavy atom. The number of aromatic nitrogens is 1. The van der Waals surface area contributed by atoms with E-state index in [9.17, 15) is 0 Å². The topological polar surface area (TPSA) is 67.3 Å². The van der Waals surface area contributed by atoms with E-state index >= 15 is 0 Å². The molecule has 0 aromatic carbocycles. The summed E-state index contributed by atoms with van der Waals surface area (Å²) in [5, 5.41) is 0.738. The molecule has 6 heteroatoms. The van der Waals surface area contributed by atoms with Gasteiger partial charge in [-0.2, -0.15) is 0 Å². The van der Waals surface area contributed by atoms with Crippen molar-refractivity contribution in [1.82, 2.24) is 9.88 Å². The number of nitrogen functional groups attached to an aromatic ring is 1. The van der Waals surface area contributed by atoms with E-state index < -0.39 is 0 Å². The van der Waals surface area contributed by atoms with Crippen LogP contribution in [0.4, 0.5) is 5.13 Å². The van der Waals surface area contributed by atoms with Crippen LogP contribution < -0.4 is 11.3 Å². The van der Waals surface area contributed by atoms with Crippen molar-refractivity contribution >= 4 is 16.5 Å². The Hall–Kier alpha value is -1.37. The first-order valence-corrected chi connectivity index (χ1v) is 6.14. The minimum absolute atomic E-state index is 0.738. The Morgan fingerprint density at radius 1 is 1.47 bits per heavy atom. The standard InChI is InChI=1S/C11H16N4OS/c1-8-3-4-9(16-8)6-15(2)7-10-5-13-11(14-12)17-10/h3-5H,6-7,12H2,1-2H3,(H,13,14). The molecule has 0 atom stereocenters. The van der Waals surface area contributed by atoms with Crippen molar-refractivity contribution in [2.24, 2.45) is 5.84 Å². The van der Waals surface area contributed by atoms with Crippen molar-refractivity contribution in [2.45, 2.75) is 20.0 Å². The molecule has 92 valence electrons. The highest BCUT2D eigenvalue weighted by atomic mass is 32.1. The lowest BCUT2D eigenvalue weighted by atomic mass is 10.4. The smallest absolute Gasteiger partial charge is 0.197 e. The Morgan fingerprint density at radius 2 is 2.29 bits per heavy atom. The fourth-order valence-electron chi connectivity index (χ4n) is 1.61. The van der Waals surface area contributed by atoms with E-state index in [4.69, 9.17) is 10.3 Å². The maximum absolute atomic E-state index is 5.53. The fourth-order valence-corrected chi connectivity index (χ4v) is 2.41. The summed E-state index contributed by atoms with van der Waals surface area (Å²) < 4.78 is 5.53. The minimum Gasteiger partial charge on any atom is -0.465 e. The molecule has 2 aromatic heterocycles. The van der Waals surface area contributed by atoms with Crippen LogP contribution >= 0.6 is 11.3 Å². The van der Waals surface area contributed by atoms with Gasteiger partial charge in [-0.3, -0.25) is 10.3 Å². The zero-order chi connectivity index (χ0) is 12.3. The van der Waals surface area contributed by atoms with E-state index in [2.05, 4.69) is 15.3 Å². The number of rotatable bonds is 5. The number of nitrogens with two attached hydrogens (primary N) is 1. The number of thiazole rings is 1. The zero-order valence-electron chi connectivity index (χ0n) is 9.93. The van der Waals surface area contributed by atoms with Crippen LogP contribution in [0.2, 0.25) is 0 Å². The number of nitrogens with zero attached hydrogens (tertiary/aromatic N) is 2. The summed E-state index contributed by atoms with van der Waals surface area (Å²) in [6.07, 6.45) is 1.84. The Kier molecular flexibility index (Phi) is 3.78. The molecule has 2 rings (SSSR count). The van der Waals surface area contributed by atoms with Crippen LogP contribution in [0.25, 0.3) is 0 Å². The number of hydrazine groups is 1. The summed E-state index contributed by atoms with van der Waals surface area (Å²) in [7, 11) is 2.05. The molecule has 0 aliphatic rings. The Balaban J connectivity index is 1.90. The lowest BCUT2D eigenvalue weighted by Gasteiger charge is -2.13. The van der Waals surface area contributed by atoms with Gasteiger partial charge in [-0.15, -0.1) is 0 Å². The highest BCUT2D eigenvalue weighted by molar-refractivity contribution is 7.15. The number of hydrogen-bond acceptors (Lipinski definition) is 6. The van der Waals surface area contributed by atoms with Crippen LogP contribution in [0.3, 0.4) is 0 Å². The van der Waals surface area contributed by atoms with Crippen molar-refractivity contribution in [3.63, 3.8) is 0 Å². The number of furan rings is 1. The van der Waals surface area contributed by atoms with Crippen LogP contribution in [0.1, 0.15) is 16.4 Å². The Labute approximate surface area is 104 Å². The van der Waals surface area contributed by atoms with Crippen molar-refractivity contribution < 1.29 is 4.42 Å². The molecule has 0 radical (unpaired) electrons. The molecular formula is C11H16N4OS. The SMILES string of the molecule is Cc1ccc(CN(C)Cc2cnc(NN)s2)o1. The third kappa shape index (κ3) is 3.29. The van der Waals surface area contributed by atoms with Gasteiger partial charge in [0, 0.05) is 17.6 Å². The van der Waals surface area contributed by atoms with Gasteiger partial charge in [0.05, 0.1) is 6.54 Å². The van der Waals surface area contributed by atoms with Gasteiger partial charge in [0.2, 0.25) is 0 Å². The van der Waals surface area contributed by atoms with Gasteiger partial charge in [-0.05, 0) is 26.1 Å². The molecule has 0 saturated heterocycles. The largest absolute Gasteiger partial charge is 0.465 e. The van der Waals surface area contributed by atoms with Crippen molar-refractivity contribution in [3.8, 4) is 0 Å². The number of aryl methyl sites for hydroxylation is 1. The van der Waals surface area contributed by atoms with E-state index in [1.54, 1.807) is 11.3 Å². The van der Waals surface area contributed by atoms with Gasteiger partial charge in [0.1, 0.15) is 11.5 Å². The summed E-state index contributed by atoms with van der Waals surface area (Å²) in [5.41, 5.74) is 2.54. The van der Waals surface area contributed by atoms with Crippen LogP contribution in [-0.4, -0.2) is 16.9 Å². The van der Waals surface area contributed by atoms with Gasteiger partial charge >= 0.3 is 0 Å². The van der Waals surface area contributed by atoms with E-state index in [1.165, 1.54) is 4.88 Å². The molecule has 0 aliphatic carbocycles. The zero-order valence-corrected chi connectivity index (χ0v) is 10.8. The maximum atomic E-state index is 5.53. The summed E-state index contributed by atoms with van der Waals surface area (Å²) in [6, 6.07) is 3.98. The predicted molar refractivity (Wildman–Crippen MR) is 68.5 cm³/mol. The van der Waals surface area contributed by atoms with E-state index in [-0.39, 0.29) is 0 Å². The third-order valence-corrected chi connectivity index (χ3v) is 3.24. The molecule has 2 aromatic rings. The summed E-state index contributed by atoms with van der Waals surface area (Å²) in [5.74, 6) is 7.21. The first kappa shape index (κ1) is 12.1.